The normalized spacial score (nSPS) is 13.7. The summed E-state index contributed by atoms with van der Waals surface area (Å²) in [6, 6.07) is -0.811. The predicted octanol–water partition coefficient (Wildman–Crippen LogP) is 13.8. The van der Waals surface area contributed by atoms with Crippen LogP contribution in [-0.4, -0.2) is 46.1 Å². The number of hydrogen-bond acceptors (Lipinski definition) is 4. The molecule has 0 aromatic rings. The maximum absolute atomic E-state index is 12.5. The topological polar surface area (TPSA) is 89.8 Å². The number of hydrogen-bond donors (Lipinski definition) is 4. The highest BCUT2D eigenvalue weighted by Gasteiger charge is 2.22. The second-order valence-electron chi connectivity index (χ2n) is 16.3. The smallest absolute Gasteiger partial charge is 0.249 e. The number of unbranched alkanes of at least 4 members (excludes halogenated alkanes) is 33. The van der Waals surface area contributed by atoms with E-state index >= 15 is 0 Å². The van der Waals surface area contributed by atoms with E-state index in [0.29, 0.717) is 6.42 Å². The van der Waals surface area contributed by atoms with Crippen LogP contribution in [0, 0.1) is 0 Å². The van der Waals surface area contributed by atoms with Gasteiger partial charge in [0, 0.05) is 0 Å². The average Bonchev–Trinajstić information content (AvgIpc) is 3.16. The van der Waals surface area contributed by atoms with Crippen LogP contribution in [0.3, 0.4) is 0 Å². The van der Waals surface area contributed by atoms with E-state index in [1.54, 1.807) is 6.08 Å². The lowest BCUT2D eigenvalue weighted by Crippen LogP contribution is -2.48. The number of carbonyl (C=O) groups is 1. The van der Waals surface area contributed by atoms with Gasteiger partial charge in [0.15, 0.2) is 0 Å². The van der Waals surface area contributed by atoms with Crippen molar-refractivity contribution in [3.63, 3.8) is 0 Å². The molecular formula is C48H93NO4. The Morgan fingerprint density at radius 2 is 0.774 bits per heavy atom. The van der Waals surface area contributed by atoms with Crippen molar-refractivity contribution in [3.8, 4) is 0 Å². The van der Waals surface area contributed by atoms with Gasteiger partial charge in [0.2, 0.25) is 5.91 Å². The van der Waals surface area contributed by atoms with E-state index in [0.717, 1.165) is 38.5 Å². The first-order valence-electron chi connectivity index (χ1n) is 23.7. The minimum Gasteiger partial charge on any atom is -0.394 e. The predicted molar refractivity (Wildman–Crippen MR) is 231 cm³/mol. The summed E-state index contributed by atoms with van der Waals surface area (Å²) in [4.78, 5) is 12.5. The van der Waals surface area contributed by atoms with E-state index in [-0.39, 0.29) is 6.61 Å². The summed E-state index contributed by atoms with van der Waals surface area (Å²) in [7, 11) is 0. The van der Waals surface area contributed by atoms with Crippen molar-refractivity contribution in [1.29, 1.82) is 0 Å². The molecule has 1 amide bonds. The molecular weight excluding hydrogens is 655 g/mol. The number of rotatable bonds is 43. The van der Waals surface area contributed by atoms with Gasteiger partial charge in [0.25, 0.3) is 0 Å². The highest BCUT2D eigenvalue weighted by atomic mass is 16.3. The van der Waals surface area contributed by atoms with Crippen LogP contribution in [0.25, 0.3) is 0 Å². The van der Waals surface area contributed by atoms with Crippen molar-refractivity contribution in [2.45, 2.75) is 270 Å². The van der Waals surface area contributed by atoms with Gasteiger partial charge >= 0.3 is 0 Å². The molecule has 3 unspecified atom stereocenters. The van der Waals surface area contributed by atoms with Gasteiger partial charge in [0.1, 0.15) is 6.10 Å². The largest absolute Gasteiger partial charge is 0.394 e. The summed E-state index contributed by atoms with van der Waals surface area (Å²) in [5.41, 5.74) is 0. The first-order valence-corrected chi connectivity index (χ1v) is 23.7. The third-order valence-electron chi connectivity index (χ3n) is 11.0. The number of aliphatic hydroxyl groups excluding tert-OH is 3. The maximum Gasteiger partial charge on any atom is 0.249 e. The number of amides is 1. The van der Waals surface area contributed by atoms with E-state index in [4.69, 9.17) is 0 Å². The molecule has 5 nitrogen and oxygen atoms in total. The van der Waals surface area contributed by atoms with Gasteiger partial charge in [0.05, 0.1) is 18.8 Å². The lowest BCUT2D eigenvalue weighted by atomic mass is 10.0. The third kappa shape index (κ3) is 38.9. The Hall–Kier alpha value is -1.17. The summed E-state index contributed by atoms with van der Waals surface area (Å²) in [6.45, 7) is 4.19. The Balaban J connectivity index is 3.66. The van der Waals surface area contributed by atoms with Crippen molar-refractivity contribution in [1.82, 2.24) is 5.32 Å². The lowest BCUT2D eigenvalue weighted by Gasteiger charge is -2.21. The van der Waals surface area contributed by atoms with Crippen molar-refractivity contribution in [2.24, 2.45) is 0 Å². The standard InChI is InChI=1S/C48H93NO4/c1-3-5-7-9-11-13-15-17-19-21-23-25-26-28-30-32-34-36-38-40-42-46(51)45(44-50)49-48(53)47(52)43-41-39-37-35-33-31-29-27-24-22-20-18-16-14-12-10-8-6-4-2/h32,34,40,42,45-47,50-52H,3-31,33,35-39,41,43-44H2,1-2H3,(H,49,53)/b34-32+,42-40+. The highest BCUT2D eigenvalue weighted by Crippen LogP contribution is 2.16. The van der Waals surface area contributed by atoms with Crippen LogP contribution in [0.5, 0.6) is 0 Å². The summed E-state index contributed by atoms with van der Waals surface area (Å²) >= 11 is 0. The molecule has 0 bridgehead atoms. The zero-order valence-electron chi connectivity index (χ0n) is 35.7. The Bertz CT molecular complexity index is 784. The zero-order chi connectivity index (χ0) is 38.7. The molecule has 3 atom stereocenters. The van der Waals surface area contributed by atoms with Gasteiger partial charge < -0.3 is 20.6 Å². The molecule has 0 spiro atoms. The number of aliphatic hydroxyl groups is 3. The average molecular weight is 748 g/mol. The minimum absolute atomic E-state index is 0.373. The zero-order valence-corrected chi connectivity index (χ0v) is 35.7. The van der Waals surface area contributed by atoms with E-state index < -0.39 is 24.2 Å². The van der Waals surface area contributed by atoms with Crippen LogP contribution in [0.15, 0.2) is 24.3 Å². The molecule has 0 aromatic heterocycles. The SMILES string of the molecule is CCCCCCCCCCCCCCCC/C=C/CC/C=C/C(O)C(CO)NC(=O)C(O)CCCCCCCCCCCCCCCCCCCCC. The van der Waals surface area contributed by atoms with E-state index in [9.17, 15) is 20.1 Å². The molecule has 0 saturated carbocycles. The van der Waals surface area contributed by atoms with Crippen LogP contribution < -0.4 is 5.32 Å². The van der Waals surface area contributed by atoms with Crippen LogP contribution in [0.4, 0.5) is 0 Å². The molecule has 4 N–H and O–H groups in total. The molecule has 0 saturated heterocycles. The van der Waals surface area contributed by atoms with Crippen LogP contribution in [0.1, 0.15) is 251 Å². The van der Waals surface area contributed by atoms with Crippen molar-refractivity contribution < 1.29 is 20.1 Å². The molecule has 53 heavy (non-hydrogen) atoms. The molecule has 0 radical (unpaired) electrons. The quantitative estimate of drug-likeness (QED) is 0.0369. The fourth-order valence-corrected chi connectivity index (χ4v) is 7.32. The van der Waals surface area contributed by atoms with Gasteiger partial charge in [-0.3, -0.25) is 4.79 Å². The van der Waals surface area contributed by atoms with Crippen molar-refractivity contribution >= 4 is 5.91 Å². The Kier molecular flexibility index (Phi) is 42.6. The van der Waals surface area contributed by atoms with Crippen molar-refractivity contribution in [3.05, 3.63) is 24.3 Å². The van der Waals surface area contributed by atoms with Crippen molar-refractivity contribution in [2.75, 3.05) is 6.61 Å². The van der Waals surface area contributed by atoms with Crippen LogP contribution in [-0.2, 0) is 4.79 Å². The summed E-state index contributed by atoms with van der Waals surface area (Å²) in [6.07, 6.45) is 53.6. The molecule has 314 valence electrons. The molecule has 0 fully saturated rings. The van der Waals surface area contributed by atoms with Crippen LogP contribution in [0.2, 0.25) is 0 Å². The number of allylic oxidation sites excluding steroid dienone is 3. The van der Waals surface area contributed by atoms with Gasteiger partial charge in [-0.05, 0) is 32.1 Å². The second kappa shape index (κ2) is 43.6. The summed E-state index contributed by atoms with van der Waals surface area (Å²) < 4.78 is 0. The Labute approximate surface area is 331 Å². The van der Waals surface area contributed by atoms with Gasteiger partial charge in [-0.25, -0.2) is 0 Å². The van der Waals surface area contributed by atoms with E-state index in [1.165, 1.54) is 193 Å². The molecule has 0 aliphatic heterocycles. The van der Waals surface area contributed by atoms with Gasteiger partial charge in [-0.2, -0.15) is 0 Å². The minimum atomic E-state index is -1.10. The van der Waals surface area contributed by atoms with Gasteiger partial charge in [-0.15, -0.1) is 0 Å². The molecule has 0 rings (SSSR count). The lowest BCUT2D eigenvalue weighted by molar-refractivity contribution is -0.131. The van der Waals surface area contributed by atoms with E-state index in [1.807, 2.05) is 6.08 Å². The highest BCUT2D eigenvalue weighted by molar-refractivity contribution is 5.80. The first-order chi connectivity index (χ1) is 26.1. The maximum atomic E-state index is 12.5. The van der Waals surface area contributed by atoms with Gasteiger partial charge in [-0.1, -0.05) is 244 Å². The Morgan fingerprint density at radius 1 is 0.453 bits per heavy atom. The molecule has 0 aromatic carbocycles. The van der Waals surface area contributed by atoms with E-state index in [2.05, 4.69) is 31.3 Å². The molecule has 5 heteroatoms. The summed E-state index contributed by atoms with van der Waals surface area (Å²) in [5, 5.41) is 33.2. The van der Waals surface area contributed by atoms with Crippen LogP contribution >= 0.6 is 0 Å². The Morgan fingerprint density at radius 3 is 1.15 bits per heavy atom. The number of carbonyl (C=O) groups excluding carboxylic acids is 1. The molecule has 0 heterocycles. The summed E-state index contributed by atoms with van der Waals surface area (Å²) in [5.74, 6) is -0.509. The fourth-order valence-electron chi connectivity index (χ4n) is 7.32. The molecule has 0 aliphatic rings. The fraction of sp³-hybridized carbons (Fsp3) is 0.896. The third-order valence-corrected chi connectivity index (χ3v) is 11.0. The first kappa shape index (κ1) is 51.8. The molecule has 0 aliphatic carbocycles. The monoisotopic (exact) mass is 748 g/mol. The second-order valence-corrected chi connectivity index (χ2v) is 16.3. The number of nitrogens with one attached hydrogen (secondary N) is 1.